The van der Waals surface area contributed by atoms with Crippen LogP contribution in [0.3, 0.4) is 0 Å². The largest absolute Gasteiger partial charge is 0.530 e. The molecule has 2 aliphatic rings. The summed E-state index contributed by atoms with van der Waals surface area (Å²) in [6.45, 7) is 5.11. The van der Waals surface area contributed by atoms with Crippen LogP contribution in [-0.4, -0.2) is 41.0 Å². The van der Waals surface area contributed by atoms with Crippen LogP contribution >= 0.6 is 7.82 Å². The highest BCUT2D eigenvalue weighted by Crippen LogP contribution is 2.54. The Morgan fingerprint density at radius 2 is 1.44 bits per heavy atom. The highest BCUT2D eigenvalue weighted by Gasteiger charge is 2.36. The predicted octanol–water partition coefficient (Wildman–Crippen LogP) is 6.39. The molecule has 0 aromatic heterocycles. The number of amides is 1. The summed E-state index contributed by atoms with van der Waals surface area (Å²) in [5, 5.41) is 11.9. The molecule has 1 aromatic carbocycles. The number of nitrogens with one attached hydrogen (secondary N) is 1. The molecule has 1 atom stereocenters. The summed E-state index contributed by atoms with van der Waals surface area (Å²) in [6, 6.07) is 5.41. The number of carbonyl (C=O) groups is 2. The Hall–Kier alpha value is -2.09. The summed E-state index contributed by atoms with van der Waals surface area (Å²) in [5.41, 5.74) is -0.0820. The minimum Gasteiger partial charge on any atom is -0.480 e. The van der Waals surface area contributed by atoms with E-state index < -0.39 is 31.5 Å². The Bertz CT molecular complexity index is 878. The second kappa shape index (κ2) is 12.9. The van der Waals surface area contributed by atoms with Gasteiger partial charge in [-0.15, -0.1) is 0 Å². The van der Waals surface area contributed by atoms with Gasteiger partial charge >= 0.3 is 19.9 Å². The van der Waals surface area contributed by atoms with E-state index in [1.165, 1.54) is 0 Å². The number of aliphatic carboxylic acids is 1. The first-order chi connectivity index (χ1) is 17.0. The molecule has 0 aliphatic heterocycles. The Labute approximate surface area is 213 Å². The third-order valence-electron chi connectivity index (χ3n) is 6.23. The van der Waals surface area contributed by atoms with Gasteiger partial charge in [0.15, 0.2) is 0 Å². The maximum absolute atomic E-state index is 13.7. The van der Waals surface area contributed by atoms with E-state index in [1.54, 1.807) is 45.0 Å². The number of alkyl carbamates (subject to hydrolysis) is 1. The van der Waals surface area contributed by atoms with Gasteiger partial charge in [0.1, 0.15) is 17.4 Å². The maximum Gasteiger partial charge on any atom is 0.530 e. The molecule has 0 heterocycles. The van der Waals surface area contributed by atoms with Crippen LogP contribution in [0.25, 0.3) is 0 Å². The summed E-state index contributed by atoms with van der Waals surface area (Å²) in [5.74, 6) is -0.854. The van der Waals surface area contributed by atoms with Crippen LogP contribution in [0, 0.1) is 0 Å². The zero-order valence-electron chi connectivity index (χ0n) is 21.6. The van der Waals surface area contributed by atoms with Gasteiger partial charge in [0.2, 0.25) is 0 Å². The van der Waals surface area contributed by atoms with Gasteiger partial charge < -0.3 is 19.7 Å². The van der Waals surface area contributed by atoms with Crippen LogP contribution in [0.2, 0.25) is 0 Å². The van der Waals surface area contributed by atoms with E-state index in [1.807, 2.05) is 0 Å². The first kappa shape index (κ1) is 28.5. The molecule has 3 rings (SSSR count). The van der Waals surface area contributed by atoms with E-state index in [2.05, 4.69) is 5.32 Å². The Kier molecular flexibility index (Phi) is 10.2. The number of carboxylic acids is 1. The minimum atomic E-state index is -3.84. The number of carbonyl (C=O) groups excluding carboxylic acids is 1. The summed E-state index contributed by atoms with van der Waals surface area (Å²) >= 11 is 0. The first-order valence-electron chi connectivity index (χ1n) is 13.0. The van der Waals surface area contributed by atoms with Gasteiger partial charge in [-0.25, -0.2) is 14.2 Å². The summed E-state index contributed by atoms with van der Waals surface area (Å²) in [4.78, 5) is 23.7. The number of hydrogen-bond acceptors (Lipinski definition) is 7. The SMILES string of the molecule is CC(C)(C)OC(=O)N[C@@H](Cc1ccc(OP(=O)(OC2CCCCC2)OC2CCCCC2)cc1)C(=O)O. The quantitative estimate of drug-likeness (QED) is 0.337. The van der Waals surface area contributed by atoms with Crippen molar-refractivity contribution >= 4 is 19.9 Å². The molecular formula is C26H40NO8P. The van der Waals surface area contributed by atoms with Gasteiger partial charge in [-0.1, -0.05) is 50.7 Å². The smallest absolute Gasteiger partial charge is 0.480 e. The highest BCUT2D eigenvalue weighted by atomic mass is 31.2. The van der Waals surface area contributed by atoms with E-state index in [-0.39, 0.29) is 18.6 Å². The minimum absolute atomic E-state index is 0.0453. The predicted molar refractivity (Wildman–Crippen MR) is 135 cm³/mol. The molecule has 1 aromatic rings. The monoisotopic (exact) mass is 525 g/mol. The lowest BCUT2D eigenvalue weighted by molar-refractivity contribution is -0.139. The number of carboxylic acid groups (broad SMARTS) is 1. The van der Waals surface area contributed by atoms with Crippen molar-refractivity contribution in [2.45, 2.75) is 115 Å². The second-order valence-electron chi connectivity index (χ2n) is 10.7. The highest BCUT2D eigenvalue weighted by molar-refractivity contribution is 7.49. The van der Waals surface area contributed by atoms with Crippen LogP contribution in [-0.2, 0) is 29.6 Å². The Balaban J connectivity index is 1.65. The fourth-order valence-electron chi connectivity index (χ4n) is 4.48. The fraction of sp³-hybridized carbons (Fsp3) is 0.692. The molecule has 2 saturated carbocycles. The lowest BCUT2D eigenvalue weighted by atomic mass is 9.98. The van der Waals surface area contributed by atoms with Crippen LogP contribution in [0.4, 0.5) is 4.79 Å². The van der Waals surface area contributed by atoms with Gasteiger partial charge in [0, 0.05) is 6.42 Å². The third-order valence-corrected chi connectivity index (χ3v) is 7.78. The van der Waals surface area contributed by atoms with Crippen molar-refractivity contribution in [1.82, 2.24) is 5.32 Å². The summed E-state index contributed by atoms with van der Waals surface area (Å²) < 4.78 is 36.6. The molecule has 1 amide bonds. The Morgan fingerprint density at radius 1 is 0.944 bits per heavy atom. The standard InChI is InChI=1S/C26H40NO8P/c1-26(2,3)32-25(30)27-23(24(28)29)18-19-14-16-22(17-15-19)35-36(31,33-20-10-6-4-7-11-20)34-21-12-8-5-9-13-21/h14-17,20-21,23H,4-13,18H2,1-3H3,(H,27,30)(H,28,29)/t23-/m0/s1. The average Bonchev–Trinajstić information content (AvgIpc) is 2.79. The molecule has 0 radical (unpaired) electrons. The molecule has 10 heteroatoms. The number of rotatable bonds is 10. The van der Waals surface area contributed by atoms with Crippen molar-refractivity contribution in [2.24, 2.45) is 0 Å². The topological polar surface area (TPSA) is 120 Å². The molecular weight excluding hydrogens is 485 g/mol. The number of ether oxygens (including phenoxy) is 1. The van der Waals surface area contributed by atoms with Crippen molar-refractivity contribution in [3.8, 4) is 5.75 Å². The molecule has 0 saturated heterocycles. The van der Waals surface area contributed by atoms with Gasteiger partial charge in [0.25, 0.3) is 0 Å². The maximum atomic E-state index is 13.7. The molecule has 36 heavy (non-hydrogen) atoms. The molecule has 9 nitrogen and oxygen atoms in total. The van der Waals surface area contributed by atoms with E-state index >= 15 is 0 Å². The summed E-state index contributed by atoms with van der Waals surface area (Å²) in [7, 11) is -3.84. The van der Waals surface area contributed by atoms with Crippen LogP contribution in [0.1, 0.15) is 90.5 Å². The zero-order valence-corrected chi connectivity index (χ0v) is 22.5. The fourth-order valence-corrected chi connectivity index (χ4v) is 6.14. The molecule has 2 fully saturated rings. The van der Waals surface area contributed by atoms with Crippen molar-refractivity contribution < 1.29 is 37.6 Å². The van der Waals surface area contributed by atoms with Crippen molar-refractivity contribution in [3.63, 3.8) is 0 Å². The average molecular weight is 526 g/mol. The van der Waals surface area contributed by atoms with Crippen LogP contribution in [0.5, 0.6) is 5.75 Å². The van der Waals surface area contributed by atoms with Crippen molar-refractivity contribution in [3.05, 3.63) is 29.8 Å². The zero-order chi connectivity index (χ0) is 26.2. The molecule has 0 spiro atoms. The molecule has 0 unspecified atom stereocenters. The molecule has 202 valence electrons. The van der Waals surface area contributed by atoms with Gasteiger partial charge in [0.05, 0.1) is 12.2 Å². The number of phosphoric ester groups is 1. The van der Waals surface area contributed by atoms with E-state index in [9.17, 15) is 19.3 Å². The molecule has 2 N–H and O–H groups in total. The van der Waals surface area contributed by atoms with Crippen LogP contribution in [0.15, 0.2) is 24.3 Å². The van der Waals surface area contributed by atoms with Crippen molar-refractivity contribution in [2.75, 3.05) is 0 Å². The summed E-state index contributed by atoms with van der Waals surface area (Å²) in [6.07, 6.45) is 8.72. The van der Waals surface area contributed by atoms with Crippen molar-refractivity contribution in [1.29, 1.82) is 0 Å². The first-order valence-corrected chi connectivity index (χ1v) is 14.5. The second-order valence-corrected chi connectivity index (χ2v) is 12.2. The lowest BCUT2D eigenvalue weighted by Crippen LogP contribution is -2.44. The van der Waals surface area contributed by atoms with Gasteiger partial charge in [-0.2, -0.15) is 0 Å². The number of benzene rings is 1. The molecule has 0 bridgehead atoms. The van der Waals surface area contributed by atoms with E-state index in [0.29, 0.717) is 11.3 Å². The number of phosphoric acid groups is 1. The normalized spacial score (nSPS) is 18.9. The number of hydrogen-bond donors (Lipinski definition) is 2. The molecule has 2 aliphatic carbocycles. The van der Waals surface area contributed by atoms with Crippen LogP contribution < -0.4 is 9.84 Å². The van der Waals surface area contributed by atoms with Gasteiger partial charge in [-0.3, -0.25) is 9.05 Å². The van der Waals surface area contributed by atoms with E-state index in [4.69, 9.17) is 18.3 Å². The third kappa shape index (κ3) is 9.75. The van der Waals surface area contributed by atoms with Gasteiger partial charge in [-0.05, 0) is 64.2 Å². The Morgan fingerprint density at radius 3 is 1.89 bits per heavy atom. The lowest BCUT2D eigenvalue weighted by Gasteiger charge is -2.30. The van der Waals surface area contributed by atoms with E-state index in [0.717, 1.165) is 64.2 Å².